The second-order valence-electron chi connectivity index (χ2n) is 5.57. The smallest absolute Gasteiger partial charge is 0.464 e. The van der Waals surface area contributed by atoms with E-state index in [-0.39, 0.29) is 19.8 Å². The van der Waals surface area contributed by atoms with Crippen molar-refractivity contribution in [3.63, 3.8) is 0 Å². The maximum Gasteiger partial charge on any atom is 0.474 e. The molecule has 0 aromatic rings. The van der Waals surface area contributed by atoms with Crippen LogP contribution < -0.4 is 0 Å². The normalized spacial score (nSPS) is 16.7. The molecule has 0 saturated heterocycles. The predicted molar refractivity (Wildman–Crippen MR) is 91.3 cm³/mol. The fourth-order valence-corrected chi connectivity index (χ4v) is 3.00. The molecule has 0 aromatic heterocycles. The number of carbonyl (C=O) groups is 1. The number of esters is 1. The Balaban J connectivity index is 4.67. The lowest BCUT2D eigenvalue weighted by atomic mass is 10.0. The quantitative estimate of drug-likeness (QED) is 0.223. The van der Waals surface area contributed by atoms with Gasteiger partial charge in [-0.25, -0.2) is 9.36 Å². The number of hydrogen-bond acceptors (Lipinski definition) is 10. The van der Waals surface area contributed by atoms with Crippen LogP contribution in [0.4, 0.5) is 0 Å². The van der Waals surface area contributed by atoms with Crippen LogP contribution in [-0.2, 0) is 27.7 Å². The van der Waals surface area contributed by atoms with E-state index in [1.165, 1.54) is 0 Å². The summed E-state index contributed by atoms with van der Waals surface area (Å²) in [5, 5.41) is 39.2. The van der Waals surface area contributed by atoms with Crippen LogP contribution in [0.25, 0.3) is 0 Å². The first-order valence-corrected chi connectivity index (χ1v) is 10.1. The molecular weight excluding hydrogens is 371 g/mol. The maximum absolute atomic E-state index is 12.3. The fourth-order valence-electron chi connectivity index (χ4n) is 1.63. The van der Waals surface area contributed by atoms with Crippen molar-refractivity contribution in [1.82, 2.24) is 0 Å². The zero-order valence-electron chi connectivity index (χ0n) is 15.4. The van der Waals surface area contributed by atoms with Crippen molar-refractivity contribution in [3.05, 3.63) is 0 Å². The van der Waals surface area contributed by atoms with Crippen molar-refractivity contribution >= 4 is 13.8 Å². The van der Waals surface area contributed by atoms with E-state index < -0.39 is 44.8 Å². The lowest BCUT2D eigenvalue weighted by Gasteiger charge is -2.26. The molecule has 0 aromatic carbocycles. The Morgan fingerprint density at radius 2 is 1.35 bits per heavy atom. The highest BCUT2D eigenvalue weighted by Crippen LogP contribution is 2.49. The van der Waals surface area contributed by atoms with E-state index in [1.807, 2.05) is 0 Å². The third kappa shape index (κ3) is 9.38. The molecule has 0 heterocycles. The summed E-state index contributed by atoms with van der Waals surface area (Å²) in [6.45, 7) is 4.85. The minimum absolute atomic E-state index is 0.0388. The molecule has 10 nitrogen and oxygen atoms in total. The largest absolute Gasteiger partial charge is 0.474 e. The van der Waals surface area contributed by atoms with Gasteiger partial charge < -0.3 is 25.2 Å². The molecule has 4 N–H and O–H groups in total. The van der Waals surface area contributed by atoms with Crippen LogP contribution in [0.5, 0.6) is 0 Å². The molecule has 156 valence electrons. The molecule has 26 heavy (non-hydrogen) atoms. The lowest BCUT2D eigenvalue weighted by molar-refractivity contribution is -0.170. The first kappa shape index (κ1) is 25.4. The number of phosphoric acid groups is 1. The van der Waals surface area contributed by atoms with Crippen LogP contribution >= 0.6 is 7.82 Å². The Bertz CT molecular complexity index is 421. The van der Waals surface area contributed by atoms with E-state index >= 15 is 0 Å². The zero-order valence-corrected chi connectivity index (χ0v) is 16.3. The Morgan fingerprint density at radius 3 is 1.81 bits per heavy atom. The van der Waals surface area contributed by atoms with Crippen LogP contribution in [0.2, 0.25) is 0 Å². The monoisotopic (exact) mass is 402 g/mol. The molecule has 0 amide bonds. The first-order chi connectivity index (χ1) is 12.2. The van der Waals surface area contributed by atoms with Gasteiger partial charge in [-0.3, -0.25) is 13.6 Å². The van der Waals surface area contributed by atoms with E-state index in [2.05, 4.69) is 4.74 Å². The molecule has 0 saturated carbocycles. The molecule has 0 radical (unpaired) electrons. The molecule has 11 heteroatoms. The first-order valence-electron chi connectivity index (χ1n) is 8.64. The van der Waals surface area contributed by atoms with Gasteiger partial charge in [-0.1, -0.05) is 20.8 Å². The Labute approximate surface area is 153 Å². The summed E-state index contributed by atoms with van der Waals surface area (Å²) in [4.78, 5) is 11.5. The van der Waals surface area contributed by atoms with Crippen molar-refractivity contribution in [1.29, 1.82) is 0 Å². The Kier molecular flexibility index (Phi) is 13.3. The third-order valence-corrected chi connectivity index (χ3v) is 4.53. The summed E-state index contributed by atoms with van der Waals surface area (Å²) in [7, 11) is -3.94. The van der Waals surface area contributed by atoms with Gasteiger partial charge in [-0.15, -0.1) is 0 Å². The summed E-state index contributed by atoms with van der Waals surface area (Å²) >= 11 is 0. The molecule has 0 aliphatic carbocycles. The van der Waals surface area contributed by atoms with Crippen LogP contribution in [0.1, 0.15) is 40.0 Å². The Hall–Kier alpha value is -0.580. The second-order valence-corrected chi connectivity index (χ2v) is 7.24. The number of carbonyl (C=O) groups excluding carboxylic acids is 1. The summed E-state index contributed by atoms with van der Waals surface area (Å²) in [5.41, 5.74) is 0. The van der Waals surface area contributed by atoms with Gasteiger partial charge in [0.2, 0.25) is 0 Å². The highest BCUT2D eigenvalue weighted by atomic mass is 31.2. The van der Waals surface area contributed by atoms with Crippen LogP contribution in [0, 0.1) is 0 Å². The minimum Gasteiger partial charge on any atom is -0.464 e. The average molecular weight is 402 g/mol. The van der Waals surface area contributed by atoms with Crippen molar-refractivity contribution in [2.24, 2.45) is 0 Å². The van der Waals surface area contributed by atoms with Crippen molar-refractivity contribution in [2.75, 3.05) is 26.4 Å². The van der Waals surface area contributed by atoms with Crippen molar-refractivity contribution < 1.29 is 48.1 Å². The number of rotatable bonds is 15. The Morgan fingerprint density at radius 1 is 0.846 bits per heavy atom. The molecule has 0 bridgehead atoms. The van der Waals surface area contributed by atoms with Crippen molar-refractivity contribution in [2.45, 2.75) is 64.4 Å². The minimum atomic E-state index is -3.94. The van der Waals surface area contributed by atoms with Gasteiger partial charge in [0, 0.05) is 0 Å². The molecule has 4 atom stereocenters. The molecule has 0 unspecified atom stereocenters. The van der Waals surface area contributed by atoms with E-state index in [1.54, 1.807) is 20.8 Å². The summed E-state index contributed by atoms with van der Waals surface area (Å²) in [6, 6.07) is 0. The van der Waals surface area contributed by atoms with E-state index in [4.69, 9.17) is 13.6 Å². The second kappa shape index (κ2) is 13.6. The topological polar surface area (TPSA) is 152 Å². The van der Waals surface area contributed by atoms with E-state index in [9.17, 15) is 29.8 Å². The number of ether oxygens (including phenoxy) is 1. The highest BCUT2D eigenvalue weighted by molar-refractivity contribution is 7.48. The zero-order chi connectivity index (χ0) is 20.2. The maximum atomic E-state index is 12.3. The molecule has 0 aliphatic rings. The van der Waals surface area contributed by atoms with Gasteiger partial charge in [0.15, 0.2) is 6.10 Å². The third-order valence-electron chi connectivity index (χ3n) is 3.07. The molecule has 0 rings (SSSR count). The van der Waals surface area contributed by atoms with E-state index in [0.717, 1.165) is 0 Å². The van der Waals surface area contributed by atoms with Gasteiger partial charge in [-0.05, 0) is 19.3 Å². The highest BCUT2D eigenvalue weighted by Gasteiger charge is 2.37. The van der Waals surface area contributed by atoms with Crippen LogP contribution in [-0.4, -0.2) is 77.2 Å². The lowest BCUT2D eigenvalue weighted by Crippen LogP contribution is -2.49. The average Bonchev–Trinajstić information content (AvgIpc) is 2.65. The summed E-state index contributed by atoms with van der Waals surface area (Å²) in [5.74, 6) is -1.13. The number of hydrogen-bond donors (Lipinski definition) is 4. The van der Waals surface area contributed by atoms with Gasteiger partial charge in [0.25, 0.3) is 0 Å². The number of aliphatic hydroxyl groups excluding tert-OH is 4. The predicted octanol–water partition coefficient (Wildman–Crippen LogP) is 0.361. The van der Waals surface area contributed by atoms with E-state index in [0.29, 0.717) is 19.3 Å². The van der Waals surface area contributed by atoms with Crippen molar-refractivity contribution in [3.8, 4) is 0 Å². The van der Waals surface area contributed by atoms with Crippen LogP contribution in [0.15, 0.2) is 0 Å². The SMILES string of the molecule is CCCOC(=O)[C@H](O)[C@@H](O)[C@H](O)[C@H](O)COP(=O)(OCCC)OCCC. The van der Waals surface area contributed by atoms with Gasteiger partial charge in [0.05, 0.1) is 26.4 Å². The number of phosphoric ester groups is 1. The molecule has 0 fully saturated rings. The molecule has 0 spiro atoms. The molecular formula is C15H31O10P. The van der Waals surface area contributed by atoms with Crippen LogP contribution in [0.3, 0.4) is 0 Å². The van der Waals surface area contributed by atoms with Gasteiger partial charge in [-0.2, -0.15) is 0 Å². The summed E-state index contributed by atoms with van der Waals surface area (Å²) < 4.78 is 32.0. The number of aliphatic hydroxyl groups is 4. The summed E-state index contributed by atoms with van der Waals surface area (Å²) in [6.07, 6.45) is -6.17. The van der Waals surface area contributed by atoms with Gasteiger partial charge in [0.1, 0.15) is 18.3 Å². The van der Waals surface area contributed by atoms with Gasteiger partial charge >= 0.3 is 13.8 Å². The fraction of sp³-hybridized carbons (Fsp3) is 0.933. The molecule has 0 aliphatic heterocycles. The standard InChI is InChI=1S/C15H31O10P/c1-4-7-22-15(20)14(19)13(18)12(17)11(16)10-25-26(21,23-8-5-2)24-9-6-3/h11-14,16-19H,4-10H2,1-3H3/t11-,12-,13+,14-/m1/s1.